The average molecular weight is 502 g/mol. The molecule has 1 amide bonds. The lowest BCUT2D eigenvalue weighted by atomic mass is 9.73. The summed E-state index contributed by atoms with van der Waals surface area (Å²) in [6.07, 6.45) is 6.62. The number of carbonyl (C=O) groups excluding carboxylic acids is 1. The van der Waals surface area contributed by atoms with Crippen LogP contribution in [0.2, 0.25) is 0 Å². The molecule has 3 fully saturated rings. The van der Waals surface area contributed by atoms with Crippen molar-refractivity contribution < 1.29 is 18.0 Å². The SMILES string of the molecule is CC1CN(c2cc(C(F)(F)CF)cc(-c3ccnc(NC(=O)C4CC4)c3C(C)C3CCC3)n2)CCN1. The Hall–Kier alpha value is -2.68. The van der Waals surface area contributed by atoms with Crippen molar-refractivity contribution in [2.24, 2.45) is 11.8 Å². The molecule has 194 valence electrons. The molecule has 0 aromatic carbocycles. The molecule has 2 unspecified atom stereocenters. The Balaban J connectivity index is 1.63. The number of rotatable bonds is 8. The molecule has 3 heterocycles. The zero-order chi connectivity index (χ0) is 25.4. The van der Waals surface area contributed by atoms with E-state index < -0.39 is 12.6 Å². The maximum Gasteiger partial charge on any atom is 0.301 e. The van der Waals surface area contributed by atoms with Gasteiger partial charge >= 0.3 is 5.92 Å². The molecule has 5 rings (SSSR count). The van der Waals surface area contributed by atoms with Gasteiger partial charge in [0.15, 0.2) is 6.67 Å². The van der Waals surface area contributed by atoms with E-state index in [0.717, 1.165) is 37.7 Å². The van der Waals surface area contributed by atoms with Crippen LogP contribution in [0.4, 0.5) is 24.8 Å². The summed E-state index contributed by atoms with van der Waals surface area (Å²) < 4.78 is 42.8. The van der Waals surface area contributed by atoms with E-state index in [1.165, 1.54) is 12.1 Å². The molecular formula is C27H34F3N5O. The number of pyridine rings is 2. The van der Waals surface area contributed by atoms with Crippen LogP contribution < -0.4 is 15.5 Å². The van der Waals surface area contributed by atoms with Crippen LogP contribution >= 0.6 is 0 Å². The van der Waals surface area contributed by atoms with E-state index >= 15 is 0 Å². The number of alkyl halides is 3. The van der Waals surface area contributed by atoms with Crippen LogP contribution in [0.15, 0.2) is 24.4 Å². The first-order valence-electron chi connectivity index (χ1n) is 13.0. The number of halogens is 3. The molecule has 0 spiro atoms. The number of hydrogen-bond donors (Lipinski definition) is 2. The molecule has 1 saturated heterocycles. The first-order valence-corrected chi connectivity index (χ1v) is 13.0. The van der Waals surface area contributed by atoms with Gasteiger partial charge in [0.1, 0.15) is 11.6 Å². The van der Waals surface area contributed by atoms with Gasteiger partial charge in [0, 0.05) is 54.5 Å². The molecule has 6 nitrogen and oxygen atoms in total. The molecule has 2 aliphatic carbocycles. The van der Waals surface area contributed by atoms with Gasteiger partial charge in [-0.05, 0) is 62.6 Å². The van der Waals surface area contributed by atoms with E-state index in [9.17, 15) is 18.0 Å². The highest BCUT2D eigenvalue weighted by atomic mass is 19.3. The second kappa shape index (κ2) is 10.00. The Kier molecular flexibility index (Phi) is 6.94. The maximum atomic E-state index is 14.7. The summed E-state index contributed by atoms with van der Waals surface area (Å²) in [4.78, 5) is 23.9. The quantitative estimate of drug-likeness (QED) is 0.517. The number of piperazine rings is 1. The zero-order valence-corrected chi connectivity index (χ0v) is 20.9. The molecule has 0 bridgehead atoms. The summed E-state index contributed by atoms with van der Waals surface area (Å²) in [7, 11) is 0. The van der Waals surface area contributed by atoms with Gasteiger partial charge in [-0.15, -0.1) is 0 Å². The van der Waals surface area contributed by atoms with Crippen molar-refractivity contribution in [1.29, 1.82) is 0 Å². The molecule has 0 radical (unpaired) electrons. The standard InChI is InChI=1S/C27H34F3N5O/c1-16-14-35(11-10-31-16)23-13-20(27(29,30)15-28)12-22(33-23)21-8-9-32-25(34-26(36)19-6-7-19)24(21)17(2)18-4-3-5-18/h8-9,12-13,16-19,31H,3-7,10-11,14-15H2,1-2H3,(H,32,34,36). The van der Waals surface area contributed by atoms with Crippen LogP contribution in [-0.4, -0.2) is 48.2 Å². The van der Waals surface area contributed by atoms with Gasteiger partial charge in [-0.2, -0.15) is 8.78 Å². The highest BCUT2D eigenvalue weighted by Gasteiger charge is 2.36. The number of hydrogen-bond acceptors (Lipinski definition) is 5. The summed E-state index contributed by atoms with van der Waals surface area (Å²) in [6.45, 7) is 4.29. The molecule has 36 heavy (non-hydrogen) atoms. The predicted octanol–water partition coefficient (Wildman–Crippen LogP) is 5.26. The third kappa shape index (κ3) is 5.08. The van der Waals surface area contributed by atoms with Gasteiger partial charge < -0.3 is 15.5 Å². The Labute approximate surface area is 210 Å². The zero-order valence-electron chi connectivity index (χ0n) is 20.9. The van der Waals surface area contributed by atoms with Crippen molar-refractivity contribution in [3.8, 4) is 11.3 Å². The fourth-order valence-corrected chi connectivity index (χ4v) is 5.24. The fourth-order valence-electron chi connectivity index (χ4n) is 5.24. The predicted molar refractivity (Wildman–Crippen MR) is 134 cm³/mol. The molecule has 2 aromatic rings. The topological polar surface area (TPSA) is 70.2 Å². The number of nitrogens with zero attached hydrogens (tertiary/aromatic N) is 3. The molecule has 2 saturated carbocycles. The van der Waals surface area contributed by atoms with Crippen molar-refractivity contribution in [2.45, 2.75) is 63.8 Å². The van der Waals surface area contributed by atoms with Crippen LogP contribution in [0.1, 0.15) is 63.0 Å². The minimum Gasteiger partial charge on any atom is -0.354 e. The summed E-state index contributed by atoms with van der Waals surface area (Å²) in [5, 5.41) is 6.35. The number of nitrogens with one attached hydrogen (secondary N) is 2. The maximum absolute atomic E-state index is 14.7. The second-order valence-corrected chi connectivity index (χ2v) is 10.6. The van der Waals surface area contributed by atoms with Crippen molar-refractivity contribution in [3.05, 3.63) is 35.5 Å². The second-order valence-electron chi connectivity index (χ2n) is 10.6. The Morgan fingerprint density at radius 3 is 2.69 bits per heavy atom. The molecule has 2 N–H and O–H groups in total. The van der Waals surface area contributed by atoms with Crippen LogP contribution in [0.5, 0.6) is 0 Å². The van der Waals surface area contributed by atoms with E-state index in [4.69, 9.17) is 4.98 Å². The third-order valence-electron chi connectivity index (χ3n) is 7.86. The van der Waals surface area contributed by atoms with Crippen molar-refractivity contribution in [1.82, 2.24) is 15.3 Å². The van der Waals surface area contributed by atoms with Gasteiger partial charge in [-0.1, -0.05) is 13.3 Å². The lowest BCUT2D eigenvalue weighted by Crippen LogP contribution is -2.49. The van der Waals surface area contributed by atoms with Gasteiger partial charge in [-0.25, -0.2) is 14.4 Å². The summed E-state index contributed by atoms with van der Waals surface area (Å²) in [5.41, 5.74) is 1.45. The van der Waals surface area contributed by atoms with Gasteiger partial charge in [0.2, 0.25) is 5.91 Å². The van der Waals surface area contributed by atoms with Crippen molar-refractivity contribution in [3.63, 3.8) is 0 Å². The smallest absolute Gasteiger partial charge is 0.301 e. The third-order valence-corrected chi connectivity index (χ3v) is 7.86. The largest absolute Gasteiger partial charge is 0.354 e. The minimum atomic E-state index is -3.62. The Morgan fingerprint density at radius 2 is 2.06 bits per heavy atom. The minimum absolute atomic E-state index is 0.00770. The van der Waals surface area contributed by atoms with Crippen molar-refractivity contribution >= 4 is 17.5 Å². The highest BCUT2D eigenvalue weighted by molar-refractivity contribution is 5.94. The van der Waals surface area contributed by atoms with E-state index in [1.54, 1.807) is 12.3 Å². The Morgan fingerprint density at radius 1 is 1.28 bits per heavy atom. The number of amides is 1. The van der Waals surface area contributed by atoms with Crippen molar-refractivity contribution in [2.75, 3.05) is 36.5 Å². The van der Waals surface area contributed by atoms with Gasteiger partial charge in [0.05, 0.1) is 5.69 Å². The van der Waals surface area contributed by atoms with E-state index in [1.807, 2.05) is 11.8 Å². The van der Waals surface area contributed by atoms with Crippen LogP contribution in [-0.2, 0) is 10.7 Å². The fraction of sp³-hybridized carbons (Fsp3) is 0.593. The molecule has 3 aliphatic rings. The molecule has 2 aromatic heterocycles. The van der Waals surface area contributed by atoms with E-state index in [-0.39, 0.29) is 29.3 Å². The molecule has 9 heteroatoms. The molecule has 1 aliphatic heterocycles. The molecule has 2 atom stereocenters. The van der Waals surface area contributed by atoms with Gasteiger partial charge in [0.25, 0.3) is 0 Å². The number of aromatic nitrogens is 2. The van der Waals surface area contributed by atoms with Gasteiger partial charge in [-0.3, -0.25) is 4.79 Å². The Bertz CT molecular complexity index is 1120. The first kappa shape index (κ1) is 25.0. The lowest BCUT2D eigenvalue weighted by Gasteiger charge is -2.34. The molecular weight excluding hydrogens is 467 g/mol. The van der Waals surface area contributed by atoms with E-state index in [0.29, 0.717) is 48.4 Å². The average Bonchev–Trinajstić information content (AvgIpc) is 3.68. The highest BCUT2D eigenvalue weighted by Crippen LogP contribution is 2.45. The number of carbonyl (C=O) groups is 1. The number of anilines is 2. The monoisotopic (exact) mass is 501 g/mol. The van der Waals surface area contributed by atoms with Crippen LogP contribution in [0.3, 0.4) is 0 Å². The van der Waals surface area contributed by atoms with E-state index in [2.05, 4.69) is 22.5 Å². The van der Waals surface area contributed by atoms with Crippen LogP contribution in [0.25, 0.3) is 11.3 Å². The lowest BCUT2D eigenvalue weighted by molar-refractivity contribution is -0.117. The van der Waals surface area contributed by atoms with Crippen LogP contribution in [0, 0.1) is 11.8 Å². The summed E-state index contributed by atoms with van der Waals surface area (Å²) in [6, 6.07) is 4.57. The first-order chi connectivity index (χ1) is 17.3. The summed E-state index contributed by atoms with van der Waals surface area (Å²) >= 11 is 0. The summed E-state index contributed by atoms with van der Waals surface area (Å²) in [5.74, 6) is -2.30. The normalized spacial score (nSPS) is 21.7.